The Balaban J connectivity index is 2.29. The van der Waals surface area contributed by atoms with Crippen LogP contribution in [0, 0.1) is 0 Å². The first-order valence-corrected chi connectivity index (χ1v) is 6.48. The van der Waals surface area contributed by atoms with Crippen molar-refractivity contribution in [2.45, 2.75) is 24.8 Å². The molecule has 0 radical (unpaired) electrons. The average Bonchev–Trinajstić information content (AvgIpc) is 2.27. The highest BCUT2D eigenvalue weighted by Gasteiger charge is 1.94. The lowest BCUT2D eigenvalue weighted by atomic mass is 10.2. The third-order valence-electron chi connectivity index (χ3n) is 2.12. The second-order valence-electron chi connectivity index (χ2n) is 3.40. The normalized spacial score (nSPS) is 10.5. The summed E-state index contributed by atoms with van der Waals surface area (Å²) >= 11 is 1.88. The first kappa shape index (κ1) is 12.6. The molecule has 1 aromatic rings. The summed E-state index contributed by atoms with van der Waals surface area (Å²) in [6, 6.07) is 8.75. The van der Waals surface area contributed by atoms with Crippen molar-refractivity contribution in [3.8, 4) is 0 Å². The molecule has 0 fully saturated rings. The quantitative estimate of drug-likeness (QED) is 0.551. The Morgan fingerprint density at radius 3 is 2.60 bits per heavy atom. The van der Waals surface area contributed by atoms with Gasteiger partial charge in [0, 0.05) is 11.4 Å². The fraction of sp³-hybridized carbons (Fsp3) is 0.500. The molecule has 0 atom stereocenters. The van der Waals surface area contributed by atoms with Crippen LogP contribution in [0.1, 0.15) is 18.9 Å². The van der Waals surface area contributed by atoms with Crippen LogP contribution in [0.25, 0.3) is 0 Å². The molecule has 0 saturated carbocycles. The van der Waals surface area contributed by atoms with Crippen LogP contribution in [-0.4, -0.2) is 18.8 Å². The summed E-state index contributed by atoms with van der Waals surface area (Å²) in [5.74, 6) is 1.13. The summed E-state index contributed by atoms with van der Waals surface area (Å²) in [6.07, 6.45) is 1.05. The molecule has 15 heavy (non-hydrogen) atoms. The molecule has 0 aromatic heterocycles. The molecule has 0 saturated heterocycles. The van der Waals surface area contributed by atoms with Crippen molar-refractivity contribution < 1.29 is 0 Å². The molecule has 0 heterocycles. The maximum Gasteiger partial charge on any atom is 0.0205 e. The number of thioether (sulfide) groups is 1. The van der Waals surface area contributed by atoms with E-state index in [9.17, 15) is 0 Å². The van der Waals surface area contributed by atoms with Crippen LogP contribution in [-0.2, 0) is 6.54 Å². The predicted octanol–water partition coefficient (Wildman–Crippen LogP) is 2.24. The molecular weight excluding hydrogens is 204 g/mol. The fourth-order valence-electron chi connectivity index (χ4n) is 1.33. The highest BCUT2D eigenvalue weighted by atomic mass is 32.2. The molecule has 3 heteroatoms. The second kappa shape index (κ2) is 7.74. The van der Waals surface area contributed by atoms with Crippen molar-refractivity contribution in [1.29, 1.82) is 0 Å². The van der Waals surface area contributed by atoms with E-state index in [-0.39, 0.29) is 0 Å². The van der Waals surface area contributed by atoms with E-state index in [1.165, 1.54) is 10.5 Å². The number of hydrogen-bond donors (Lipinski definition) is 2. The molecule has 0 bridgehead atoms. The van der Waals surface area contributed by atoms with Crippen LogP contribution < -0.4 is 11.1 Å². The molecule has 2 nitrogen and oxygen atoms in total. The third-order valence-corrected chi connectivity index (χ3v) is 3.02. The van der Waals surface area contributed by atoms with Gasteiger partial charge in [0.1, 0.15) is 0 Å². The van der Waals surface area contributed by atoms with E-state index in [4.69, 9.17) is 5.73 Å². The van der Waals surface area contributed by atoms with E-state index >= 15 is 0 Å². The van der Waals surface area contributed by atoms with Gasteiger partial charge in [-0.1, -0.05) is 19.1 Å². The minimum atomic E-state index is 0.763. The highest BCUT2D eigenvalue weighted by molar-refractivity contribution is 7.99. The van der Waals surface area contributed by atoms with Crippen molar-refractivity contribution >= 4 is 11.8 Å². The van der Waals surface area contributed by atoms with E-state index in [1.54, 1.807) is 0 Å². The molecule has 0 aliphatic rings. The van der Waals surface area contributed by atoms with E-state index in [0.717, 1.165) is 31.8 Å². The average molecular weight is 224 g/mol. The summed E-state index contributed by atoms with van der Waals surface area (Å²) in [5, 5.41) is 3.37. The number of hydrogen-bond acceptors (Lipinski definition) is 3. The lowest BCUT2D eigenvalue weighted by Crippen LogP contribution is -2.17. The Hall–Kier alpha value is -0.510. The molecule has 0 unspecified atom stereocenters. The van der Waals surface area contributed by atoms with Crippen molar-refractivity contribution in [2.24, 2.45) is 5.73 Å². The Kier molecular flexibility index (Phi) is 6.48. The summed E-state index contributed by atoms with van der Waals surface area (Å²) < 4.78 is 0. The zero-order valence-electron chi connectivity index (χ0n) is 9.33. The number of nitrogens with one attached hydrogen (secondary N) is 1. The summed E-state index contributed by atoms with van der Waals surface area (Å²) in [6.45, 7) is 4.88. The van der Waals surface area contributed by atoms with Gasteiger partial charge in [-0.05, 0) is 43.0 Å². The lowest BCUT2D eigenvalue weighted by Gasteiger charge is -2.05. The minimum absolute atomic E-state index is 0.763. The van der Waals surface area contributed by atoms with Gasteiger partial charge in [-0.2, -0.15) is 0 Å². The Morgan fingerprint density at radius 2 is 2.00 bits per heavy atom. The fourth-order valence-corrected chi connectivity index (χ4v) is 1.99. The van der Waals surface area contributed by atoms with E-state index in [1.807, 2.05) is 11.8 Å². The van der Waals surface area contributed by atoms with Crippen molar-refractivity contribution in [3.05, 3.63) is 29.8 Å². The predicted molar refractivity (Wildman–Crippen MR) is 68.2 cm³/mol. The molecule has 84 valence electrons. The van der Waals surface area contributed by atoms with Crippen LogP contribution in [0.3, 0.4) is 0 Å². The van der Waals surface area contributed by atoms with E-state index < -0.39 is 0 Å². The lowest BCUT2D eigenvalue weighted by molar-refractivity contribution is 0.655. The largest absolute Gasteiger partial charge is 0.330 e. The standard InChI is InChI=1S/C12H20N2S/c1-2-15-12-6-4-11(5-7-12)10-14-9-3-8-13/h4-7,14H,2-3,8-10,13H2,1H3. The zero-order chi connectivity index (χ0) is 10.9. The molecule has 3 N–H and O–H groups in total. The summed E-state index contributed by atoms with van der Waals surface area (Å²) in [4.78, 5) is 1.35. The maximum absolute atomic E-state index is 5.42. The van der Waals surface area contributed by atoms with Crippen molar-refractivity contribution in [3.63, 3.8) is 0 Å². The van der Waals surface area contributed by atoms with Gasteiger partial charge in [0.2, 0.25) is 0 Å². The third kappa shape index (κ3) is 5.21. The zero-order valence-corrected chi connectivity index (χ0v) is 10.1. The minimum Gasteiger partial charge on any atom is -0.330 e. The van der Waals surface area contributed by atoms with Gasteiger partial charge < -0.3 is 11.1 Å². The SMILES string of the molecule is CCSc1ccc(CNCCCN)cc1. The summed E-state index contributed by atoms with van der Waals surface area (Å²) in [5.41, 5.74) is 6.76. The van der Waals surface area contributed by atoms with Gasteiger partial charge >= 0.3 is 0 Å². The molecule has 0 spiro atoms. The maximum atomic E-state index is 5.42. The van der Waals surface area contributed by atoms with Crippen molar-refractivity contribution in [2.75, 3.05) is 18.8 Å². The van der Waals surface area contributed by atoms with Crippen LogP contribution in [0.15, 0.2) is 29.2 Å². The molecular formula is C12H20N2S. The topological polar surface area (TPSA) is 38.0 Å². The Morgan fingerprint density at radius 1 is 1.27 bits per heavy atom. The number of nitrogens with two attached hydrogens (primary N) is 1. The van der Waals surface area contributed by atoms with Gasteiger partial charge in [-0.15, -0.1) is 11.8 Å². The van der Waals surface area contributed by atoms with Crippen LogP contribution in [0.2, 0.25) is 0 Å². The van der Waals surface area contributed by atoms with Crippen LogP contribution in [0.5, 0.6) is 0 Å². The van der Waals surface area contributed by atoms with E-state index in [2.05, 4.69) is 36.5 Å². The van der Waals surface area contributed by atoms with Crippen LogP contribution in [0.4, 0.5) is 0 Å². The molecule has 0 aliphatic heterocycles. The molecule has 1 rings (SSSR count). The number of benzene rings is 1. The molecule has 0 aliphatic carbocycles. The summed E-state index contributed by atoms with van der Waals surface area (Å²) in [7, 11) is 0. The van der Waals surface area contributed by atoms with Gasteiger partial charge in [0.05, 0.1) is 0 Å². The van der Waals surface area contributed by atoms with Crippen molar-refractivity contribution in [1.82, 2.24) is 5.32 Å². The van der Waals surface area contributed by atoms with Gasteiger partial charge in [-0.25, -0.2) is 0 Å². The Labute approximate surface area is 96.6 Å². The first-order valence-electron chi connectivity index (χ1n) is 5.49. The van der Waals surface area contributed by atoms with Crippen LogP contribution >= 0.6 is 11.8 Å². The molecule has 1 aromatic carbocycles. The Bertz CT molecular complexity index is 259. The number of rotatable bonds is 7. The monoisotopic (exact) mass is 224 g/mol. The van der Waals surface area contributed by atoms with Gasteiger partial charge in [-0.3, -0.25) is 0 Å². The first-order chi connectivity index (χ1) is 7.36. The smallest absolute Gasteiger partial charge is 0.0205 e. The highest BCUT2D eigenvalue weighted by Crippen LogP contribution is 2.17. The van der Waals surface area contributed by atoms with Gasteiger partial charge in [0.25, 0.3) is 0 Å². The molecule has 0 amide bonds. The second-order valence-corrected chi connectivity index (χ2v) is 4.73. The van der Waals surface area contributed by atoms with E-state index in [0.29, 0.717) is 0 Å². The van der Waals surface area contributed by atoms with Gasteiger partial charge in [0.15, 0.2) is 0 Å².